The van der Waals surface area contributed by atoms with Crippen molar-refractivity contribution in [3.05, 3.63) is 76.8 Å². The van der Waals surface area contributed by atoms with Gasteiger partial charge in [-0.05, 0) is 36.1 Å². The fraction of sp³-hybridized carbons (Fsp3) is 0.286. The van der Waals surface area contributed by atoms with Gasteiger partial charge in [0.1, 0.15) is 0 Å². The van der Waals surface area contributed by atoms with Gasteiger partial charge in [-0.2, -0.15) is 0 Å². The number of benzene rings is 2. The predicted octanol–water partition coefficient (Wildman–Crippen LogP) is 4.31. The van der Waals surface area contributed by atoms with E-state index in [0.717, 1.165) is 23.6 Å². The van der Waals surface area contributed by atoms with Gasteiger partial charge in [0.15, 0.2) is 0 Å². The van der Waals surface area contributed by atoms with Crippen LogP contribution in [-0.2, 0) is 4.79 Å². The van der Waals surface area contributed by atoms with Crippen molar-refractivity contribution in [1.29, 1.82) is 0 Å². The first-order valence-corrected chi connectivity index (χ1v) is 9.03. The third-order valence-electron chi connectivity index (χ3n) is 4.64. The van der Waals surface area contributed by atoms with Crippen LogP contribution in [0, 0.1) is 0 Å². The molecule has 2 aromatic rings. The number of hydrogen-bond donors (Lipinski definition) is 1. The minimum absolute atomic E-state index is 0.0397. The molecule has 1 aliphatic heterocycles. The fourth-order valence-electron chi connectivity index (χ4n) is 3.10. The van der Waals surface area contributed by atoms with Crippen LogP contribution >= 0.6 is 11.6 Å². The van der Waals surface area contributed by atoms with Crippen LogP contribution in [0.3, 0.4) is 0 Å². The summed E-state index contributed by atoms with van der Waals surface area (Å²) in [5.41, 5.74) is 3.59. The highest BCUT2D eigenvalue weighted by molar-refractivity contribution is 6.31. The molecule has 0 fully saturated rings. The number of carbonyl (C=O) groups is 1. The van der Waals surface area contributed by atoms with E-state index in [4.69, 9.17) is 11.6 Å². The molecule has 0 bridgehead atoms. The van der Waals surface area contributed by atoms with Crippen molar-refractivity contribution in [3.8, 4) is 0 Å². The maximum absolute atomic E-state index is 12.5. The number of halogens is 1. The molecule has 0 aliphatic carbocycles. The number of rotatable bonds is 5. The van der Waals surface area contributed by atoms with Gasteiger partial charge in [-0.1, -0.05) is 66.2 Å². The number of nitrogens with one attached hydrogen (secondary N) is 1. The molecule has 0 saturated heterocycles. The molecule has 1 heterocycles. The van der Waals surface area contributed by atoms with Crippen LogP contribution in [0.4, 0.5) is 0 Å². The standard InChI is InChI=1S/C21H23ClN2O/c1-16(19-9-5-6-10-20(19)22)23-15-21(25)24-13-11-18(12-14-24)17-7-3-2-4-8-17/h2-11,16,23H,12-15H2,1H3/t16-/m0/s1. The lowest BCUT2D eigenvalue weighted by Gasteiger charge is -2.27. The van der Waals surface area contributed by atoms with Gasteiger partial charge in [0, 0.05) is 24.2 Å². The highest BCUT2D eigenvalue weighted by Gasteiger charge is 2.18. The molecule has 3 rings (SSSR count). The zero-order valence-electron chi connectivity index (χ0n) is 14.4. The fourth-order valence-corrected chi connectivity index (χ4v) is 3.40. The van der Waals surface area contributed by atoms with Crippen LogP contribution < -0.4 is 5.32 Å². The third-order valence-corrected chi connectivity index (χ3v) is 4.98. The van der Waals surface area contributed by atoms with Crippen LogP contribution in [-0.4, -0.2) is 30.4 Å². The van der Waals surface area contributed by atoms with E-state index in [0.29, 0.717) is 13.1 Å². The van der Waals surface area contributed by atoms with E-state index in [1.807, 2.05) is 54.3 Å². The predicted molar refractivity (Wildman–Crippen MR) is 103 cm³/mol. The summed E-state index contributed by atoms with van der Waals surface area (Å²) in [5, 5.41) is 4.01. The highest BCUT2D eigenvalue weighted by atomic mass is 35.5. The summed E-state index contributed by atoms with van der Waals surface area (Å²) in [6.45, 7) is 3.78. The highest BCUT2D eigenvalue weighted by Crippen LogP contribution is 2.23. The van der Waals surface area contributed by atoms with E-state index in [9.17, 15) is 4.79 Å². The molecule has 1 N–H and O–H groups in total. The van der Waals surface area contributed by atoms with Crippen molar-refractivity contribution in [2.75, 3.05) is 19.6 Å². The summed E-state index contributed by atoms with van der Waals surface area (Å²) >= 11 is 6.21. The van der Waals surface area contributed by atoms with Gasteiger partial charge in [-0.15, -0.1) is 0 Å². The number of amides is 1. The van der Waals surface area contributed by atoms with E-state index in [1.54, 1.807) is 0 Å². The van der Waals surface area contributed by atoms with Crippen LogP contribution in [0.25, 0.3) is 5.57 Å². The molecule has 0 unspecified atom stereocenters. The molecule has 0 aromatic heterocycles. The molecule has 1 amide bonds. The lowest BCUT2D eigenvalue weighted by Crippen LogP contribution is -2.41. The maximum atomic E-state index is 12.5. The van der Waals surface area contributed by atoms with Gasteiger partial charge in [-0.3, -0.25) is 4.79 Å². The summed E-state index contributed by atoms with van der Waals surface area (Å²) in [4.78, 5) is 14.4. The summed E-state index contributed by atoms with van der Waals surface area (Å²) in [7, 11) is 0. The van der Waals surface area contributed by atoms with Gasteiger partial charge < -0.3 is 10.2 Å². The average molecular weight is 355 g/mol. The van der Waals surface area contributed by atoms with Crippen molar-refractivity contribution in [2.45, 2.75) is 19.4 Å². The first-order chi connectivity index (χ1) is 12.1. The largest absolute Gasteiger partial charge is 0.338 e. The van der Waals surface area contributed by atoms with Gasteiger partial charge in [0.2, 0.25) is 5.91 Å². The molecule has 2 aromatic carbocycles. The first-order valence-electron chi connectivity index (χ1n) is 8.65. The van der Waals surface area contributed by atoms with Crippen molar-refractivity contribution < 1.29 is 4.79 Å². The Morgan fingerprint density at radius 1 is 1.16 bits per heavy atom. The van der Waals surface area contributed by atoms with Gasteiger partial charge in [0.25, 0.3) is 0 Å². The molecular weight excluding hydrogens is 332 g/mol. The second-order valence-corrected chi connectivity index (χ2v) is 6.72. The van der Waals surface area contributed by atoms with Crippen molar-refractivity contribution >= 4 is 23.1 Å². The Labute approximate surface area is 154 Å². The molecule has 1 atom stereocenters. The lowest BCUT2D eigenvalue weighted by atomic mass is 9.99. The normalized spacial score (nSPS) is 15.6. The van der Waals surface area contributed by atoms with E-state index in [1.165, 1.54) is 11.1 Å². The van der Waals surface area contributed by atoms with Crippen molar-refractivity contribution in [1.82, 2.24) is 10.2 Å². The minimum atomic E-state index is 0.0397. The smallest absolute Gasteiger partial charge is 0.236 e. The van der Waals surface area contributed by atoms with Gasteiger partial charge in [0.05, 0.1) is 6.54 Å². The van der Waals surface area contributed by atoms with Crippen molar-refractivity contribution in [3.63, 3.8) is 0 Å². The quantitative estimate of drug-likeness (QED) is 0.867. The zero-order chi connectivity index (χ0) is 17.6. The summed E-state index contributed by atoms with van der Waals surface area (Å²) < 4.78 is 0. The zero-order valence-corrected chi connectivity index (χ0v) is 15.2. The number of hydrogen-bond acceptors (Lipinski definition) is 2. The van der Waals surface area contributed by atoms with Crippen LogP contribution in [0.5, 0.6) is 0 Å². The molecular formula is C21H23ClN2O. The summed E-state index contributed by atoms with van der Waals surface area (Å²) in [6.07, 6.45) is 3.06. The lowest BCUT2D eigenvalue weighted by molar-refractivity contribution is -0.129. The molecule has 4 heteroatoms. The van der Waals surface area contributed by atoms with Gasteiger partial charge in [-0.25, -0.2) is 0 Å². The topological polar surface area (TPSA) is 32.3 Å². The summed E-state index contributed by atoms with van der Waals surface area (Å²) in [6, 6.07) is 18.1. The molecule has 3 nitrogen and oxygen atoms in total. The molecule has 0 radical (unpaired) electrons. The summed E-state index contributed by atoms with van der Waals surface area (Å²) in [5.74, 6) is 0.127. The molecule has 0 spiro atoms. The Balaban J connectivity index is 1.53. The van der Waals surface area contributed by atoms with Crippen LogP contribution in [0.2, 0.25) is 5.02 Å². The van der Waals surface area contributed by atoms with Crippen molar-refractivity contribution in [2.24, 2.45) is 0 Å². The SMILES string of the molecule is C[C@H](NCC(=O)N1CC=C(c2ccccc2)CC1)c1ccccc1Cl. The molecule has 25 heavy (non-hydrogen) atoms. The molecule has 0 saturated carbocycles. The Bertz CT molecular complexity index is 758. The van der Waals surface area contributed by atoms with Crippen LogP contribution in [0.1, 0.15) is 30.5 Å². The number of carbonyl (C=O) groups excluding carboxylic acids is 1. The Morgan fingerprint density at radius 3 is 2.56 bits per heavy atom. The third kappa shape index (κ3) is 4.50. The van der Waals surface area contributed by atoms with E-state index >= 15 is 0 Å². The van der Waals surface area contributed by atoms with E-state index < -0.39 is 0 Å². The Hall–Kier alpha value is -2.10. The maximum Gasteiger partial charge on any atom is 0.236 e. The van der Waals surface area contributed by atoms with E-state index in [2.05, 4.69) is 23.5 Å². The van der Waals surface area contributed by atoms with Crippen LogP contribution in [0.15, 0.2) is 60.7 Å². The van der Waals surface area contributed by atoms with E-state index in [-0.39, 0.29) is 11.9 Å². The number of nitrogens with zero attached hydrogens (tertiary/aromatic N) is 1. The molecule has 1 aliphatic rings. The van der Waals surface area contributed by atoms with Gasteiger partial charge >= 0.3 is 0 Å². The Kier molecular flexibility index (Phi) is 5.90. The molecule has 130 valence electrons. The minimum Gasteiger partial charge on any atom is -0.338 e. The first kappa shape index (κ1) is 17.7. The second-order valence-electron chi connectivity index (χ2n) is 6.31. The second kappa shape index (κ2) is 8.32. The average Bonchev–Trinajstić information content (AvgIpc) is 2.67. The Morgan fingerprint density at radius 2 is 1.88 bits per heavy atom. The monoisotopic (exact) mass is 354 g/mol.